The maximum Gasteiger partial charge on any atom is 0.306 e. The quantitative estimate of drug-likeness (QED) is 0.332. The van der Waals surface area contributed by atoms with Gasteiger partial charge in [-0.1, -0.05) is 6.92 Å². The van der Waals surface area contributed by atoms with Crippen LogP contribution in [0.2, 0.25) is 0 Å². The summed E-state index contributed by atoms with van der Waals surface area (Å²) in [6.07, 6.45) is 1.77. The molecule has 0 heterocycles. The summed E-state index contributed by atoms with van der Waals surface area (Å²) in [5.41, 5.74) is 0. The van der Waals surface area contributed by atoms with Crippen molar-refractivity contribution in [1.82, 2.24) is 5.32 Å². The molecule has 1 amide bonds. The summed E-state index contributed by atoms with van der Waals surface area (Å²) in [4.78, 5) is 20.7. The van der Waals surface area contributed by atoms with Crippen molar-refractivity contribution in [3.8, 4) is 0 Å². The van der Waals surface area contributed by atoms with Gasteiger partial charge in [-0.3, -0.25) is 9.59 Å². The van der Waals surface area contributed by atoms with E-state index in [1.165, 1.54) is 0 Å². The highest BCUT2D eigenvalue weighted by atomic mass is 16.5. The molecule has 0 aliphatic heterocycles. The number of hydrogen-bond acceptors (Lipinski definition) is 5. The van der Waals surface area contributed by atoms with Crippen LogP contribution in [0.1, 0.15) is 19.8 Å². The molecule has 2 N–H and O–H groups in total. The first-order valence-corrected chi connectivity index (χ1v) is 6.85. The second kappa shape index (κ2) is 14.2. The van der Waals surface area contributed by atoms with Crippen LogP contribution in [-0.4, -0.2) is 63.7 Å². The van der Waals surface area contributed by atoms with E-state index in [4.69, 9.17) is 19.3 Å². The minimum atomic E-state index is -0.770. The van der Waals surface area contributed by atoms with Crippen molar-refractivity contribution in [1.29, 1.82) is 0 Å². The Balaban J connectivity index is 3.16. The third-order valence-corrected chi connectivity index (χ3v) is 2.67. The number of aliphatic carboxylic acids is 1. The van der Waals surface area contributed by atoms with Gasteiger partial charge >= 0.3 is 5.97 Å². The number of ether oxygens (including phenoxy) is 3. The molecule has 1 atom stereocenters. The van der Waals surface area contributed by atoms with Gasteiger partial charge < -0.3 is 24.6 Å². The Hall–Kier alpha value is -1.18. The summed E-state index contributed by atoms with van der Waals surface area (Å²) in [6, 6.07) is 0. The molecule has 0 rings (SSSR count). The lowest BCUT2D eigenvalue weighted by atomic mass is 10.0. The number of carboxylic acids is 1. The first kappa shape index (κ1) is 18.8. The Morgan fingerprint density at radius 3 is 2.15 bits per heavy atom. The Morgan fingerprint density at radius 1 is 1.10 bits per heavy atom. The molecule has 1 unspecified atom stereocenters. The van der Waals surface area contributed by atoms with Gasteiger partial charge in [-0.15, -0.1) is 0 Å². The number of carbonyl (C=O) groups excluding carboxylic acids is 1. The monoisotopic (exact) mass is 291 g/mol. The smallest absolute Gasteiger partial charge is 0.306 e. The zero-order chi connectivity index (χ0) is 15.1. The second-order valence-electron chi connectivity index (χ2n) is 4.14. The zero-order valence-corrected chi connectivity index (χ0v) is 12.0. The summed E-state index contributed by atoms with van der Waals surface area (Å²) in [5, 5.41) is 11.3. The molecule has 0 fully saturated rings. The molecule has 0 radical (unpaired) electrons. The highest BCUT2D eigenvalue weighted by molar-refractivity contribution is 5.69. The first-order chi connectivity index (χ1) is 9.72. The van der Waals surface area contributed by atoms with E-state index in [2.05, 4.69) is 5.32 Å². The molecule has 0 aromatic rings. The van der Waals surface area contributed by atoms with Gasteiger partial charge in [-0.2, -0.15) is 0 Å². The summed E-state index contributed by atoms with van der Waals surface area (Å²) in [7, 11) is 0. The minimum absolute atomic E-state index is 0.329. The topological polar surface area (TPSA) is 94.1 Å². The van der Waals surface area contributed by atoms with Crippen LogP contribution in [0.4, 0.5) is 0 Å². The maximum atomic E-state index is 10.7. The van der Waals surface area contributed by atoms with Crippen molar-refractivity contribution in [3.63, 3.8) is 0 Å². The Bertz CT molecular complexity index is 249. The Morgan fingerprint density at radius 2 is 1.65 bits per heavy atom. The molecule has 0 aromatic heterocycles. The molecule has 0 saturated carbocycles. The maximum absolute atomic E-state index is 10.7. The third-order valence-electron chi connectivity index (χ3n) is 2.67. The predicted molar refractivity (Wildman–Crippen MR) is 72.6 cm³/mol. The van der Waals surface area contributed by atoms with Gasteiger partial charge in [0.25, 0.3) is 0 Å². The lowest BCUT2D eigenvalue weighted by molar-refractivity contribution is -0.142. The molecule has 20 heavy (non-hydrogen) atoms. The highest BCUT2D eigenvalue weighted by Gasteiger charge is 2.13. The van der Waals surface area contributed by atoms with Crippen LogP contribution in [0.5, 0.6) is 0 Å². The molecular formula is C13H25NO6. The standard InChI is InChI=1S/C13H25NO6/c1-2-12(13(16)17)3-5-18-7-9-20-10-8-19-6-4-14-11-15/h11-12H,2-10H2,1H3,(H,14,15)(H,16,17). The minimum Gasteiger partial charge on any atom is -0.481 e. The van der Waals surface area contributed by atoms with Crippen molar-refractivity contribution >= 4 is 12.4 Å². The zero-order valence-electron chi connectivity index (χ0n) is 12.0. The van der Waals surface area contributed by atoms with E-state index < -0.39 is 5.97 Å². The molecular weight excluding hydrogens is 266 g/mol. The number of nitrogens with one attached hydrogen (secondary N) is 1. The van der Waals surface area contributed by atoms with Crippen molar-refractivity contribution in [2.24, 2.45) is 5.92 Å². The van der Waals surface area contributed by atoms with Crippen LogP contribution in [-0.2, 0) is 23.8 Å². The molecule has 0 bridgehead atoms. The van der Waals surface area contributed by atoms with Gasteiger partial charge in [0, 0.05) is 13.2 Å². The molecule has 0 aliphatic carbocycles. The number of hydrogen-bond donors (Lipinski definition) is 2. The number of carboxylic acid groups (broad SMARTS) is 1. The molecule has 7 heteroatoms. The van der Waals surface area contributed by atoms with Gasteiger partial charge in [0.15, 0.2) is 0 Å². The Labute approximate surface area is 119 Å². The SMILES string of the molecule is CCC(CCOCCOCCOCCNC=O)C(=O)O. The van der Waals surface area contributed by atoms with E-state index >= 15 is 0 Å². The lowest BCUT2D eigenvalue weighted by Crippen LogP contribution is -2.19. The second-order valence-corrected chi connectivity index (χ2v) is 4.14. The fourth-order valence-electron chi connectivity index (χ4n) is 1.46. The molecule has 0 aromatic carbocycles. The van der Waals surface area contributed by atoms with E-state index in [1.54, 1.807) is 0 Å². The average Bonchev–Trinajstić information content (AvgIpc) is 2.43. The number of carbonyl (C=O) groups is 2. The normalized spacial score (nSPS) is 12.1. The van der Waals surface area contributed by atoms with E-state index in [0.29, 0.717) is 65.4 Å². The van der Waals surface area contributed by atoms with Crippen LogP contribution < -0.4 is 5.32 Å². The van der Waals surface area contributed by atoms with Crippen LogP contribution >= 0.6 is 0 Å². The van der Waals surface area contributed by atoms with Crippen molar-refractivity contribution < 1.29 is 28.9 Å². The highest BCUT2D eigenvalue weighted by Crippen LogP contribution is 2.07. The van der Waals surface area contributed by atoms with Crippen molar-refractivity contribution in [2.75, 3.05) is 46.2 Å². The van der Waals surface area contributed by atoms with E-state index in [-0.39, 0.29) is 5.92 Å². The number of rotatable bonds is 15. The molecule has 118 valence electrons. The number of amides is 1. The van der Waals surface area contributed by atoms with E-state index in [0.717, 1.165) is 0 Å². The van der Waals surface area contributed by atoms with Crippen LogP contribution in [0.25, 0.3) is 0 Å². The van der Waals surface area contributed by atoms with Crippen LogP contribution in [0.15, 0.2) is 0 Å². The average molecular weight is 291 g/mol. The first-order valence-electron chi connectivity index (χ1n) is 6.85. The Kier molecular flexibility index (Phi) is 13.4. The summed E-state index contributed by atoms with van der Waals surface area (Å²) < 4.78 is 15.7. The molecule has 0 saturated heterocycles. The van der Waals surface area contributed by atoms with Gasteiger partial charge in [-0.25, -0.2) is 0 Å². The van der Waals surface area contributed by atoms with Gasteiger partial charge in [0.1, 0.15) is 0 Å². The summed E-state index contributed by atoms with van der Waals surface area (Å²) in [5.74, 6) is -1.10. The van der Waals surface area contributed by atoms with Crippen LogP contribution in [0, 0.1) is 5.92 Å². The van der Waals surface area contributed by atoms with Gasteiger partial charge in [0.05, 0.1) is 39.0 Å². The van der Waals surface area contributed by atoms with Crippen LogP contribution in [0.3, 0.4) is 0 Å². The summed E-state index contributed by atoms with van der Waals surface area (Å²) >= 11 is 0. The predicted octanol–water partition coefficient (Wildman–Crippen LogP) is 0.283. The summed E-state index contributed by atoms with van der Waals surface area (Å²) in [6.45, 7) is 5.09. The largest absolute Gasteiger partial charge is 0.481 e. The molecule has 7 nitrogen and oxygen atoms in total. The third kappa shape index (κ3) is 11.9. The lowest BCUT2D eigenvalue weighted by Gasteiger charge is -2.10. The van der Waals surface area contributed by atoms with Gasteiger partial charge in [-0.05, 0) is 12.8 Å². The fourth-order valence-corrected chi connectivity index (χ4v) is 1.46. The van der Waals surface area contributed by atoms with E-state index in [1.807, 2.05) is 6.92 Å². The fraction of sp³-hybridized carbons (Fsp3) is 0.846. The van der Waals surface area contributed by atoms with E-state index in [9.17, 15) is 9.59 Å². The van der Waals surface area contributed by atoms with Crippen molar-refractivity contribution in [2.45, 2.75) is 19.8 Å². The molecule has 0 aliphatic rings. The molecule has 0 spiro atoms. The van der Waals surface area contributed by atoms with Gasteiger partial charge in [0.2, 0.25) is 6.41 Å². The van der Waals surface area contributed by atoms with Crippen molar-refractivity contribution in [3.05, 3.63) is 0 Å².